The Balaban J connectivity index is 2.30. The van der Waals surface area contributed by atoms with Gasteiger partial charge in [-0.2, -0.15) is 5.06 Å². The molecule has 0 aliphatic carbocycles. The van der Waals surface area contributed by atoms with E-state index in [9.17, 15) is 9.59 Å². The first-order valence-corrected chi connectivity index (χ1v) is 8.52. The molecule has 0 saturated carbocycles. The Morgan fingerprint density at radius 3 is 2.80 bits per heavy atom. The Hall–Kier alpha value is -1.71. The van der Waals surface area contributed by atoms with Gasteiger partial charge in [-0.1, -0.05) is 6.07 Å². The fourth-order valence-corrected chi connectivity index (χ4v) is 3.06. The van der Waals surface area contributed by atoms with Crippen molar-refractivity contribution >= 4 is 28.0 Å². The monoisotopic (exact) mass is 416 g/mol. The van der Waals surface area contributed by atoms with Gasteiger partial charge < -0.3 is 14.6 Å². The number of carboxylic acid groups (broad SMARTS) is 1. The van der Waals surface area contributed by atoms with Crippen molar-refractivity contribution in [1.82, 2.24) is 10.0 Å². The predicted octanol–water partition coefficient (Wildman–Crippen LogP) is 2.71. The molecule has 1 atom stereocenters. The second-order valence-corrected chi connectivity index (χ2v) is 7.37. The number of rotatable bonds is 4. The van der Waals surface area contributed by atoms with E-state index in [2.05, 4.69) is 20.9 Å². The maximum atomic E-state index is 12.3. The minimum absolute atomic E-state index is 0.0144. The number of amides is 1. The number of carboxylic acids is 1. The van der Waals surface area contributed by atoms with Gasteiger partial charge in [0.05, 0.1) is 13.2 Å². The Bertz CT molecular complexity index is 648. The van der Waals surface area contributed by atoms with Gasteiger partial charge in [-0.3, -0.25) is 4.84 Å². The van der Waals surface area contributed by atoms with Crippen LogP contribution in [0.5, 0.6) is 0 Å². The number of nitrogens with zero attached hydrogens (tertiary/aromatic N) is 2. The fourth-order valence-electron chi connectivity index (χ4n) is 2.45. The lowest BCUT2D eigenvalue weighted by Gasteiger charge is -2.42. The summed E-state index contributed by atoms with van der Waals surface area (Å²) in [6.07, 6.45) is 1.31. The summed E-state index contributed by atoms with van der Waals surface area (Å²) in [5, 5.41) is 10.1. The van der Waals surface area contributed by atoms with Crippen LogP contribution >= 0.6 is 15.9 Å². The first kappa shape index (κ1) is 19.6. The predicted molar refractivity (Wildman–Crippen MR) is 90.7 cm³/mol. The van der Waals surface area contributed by atoms with Crippen LogP contribution < -0.4 is 0 Å². The molecule has 0 aromatic carbocycles. The van der Waals surface area contributed by atoms with Gasteiger partial charge >= 0.3 is 12.1 Å². The summed E-state index contributed by atoms with van der Waals surface area (Å²) in [6.45, 7) is 4.89. The van der Waals surface area contributed by atoms with Crippen LogP contribution in [0.2, 0.25) is 0 Å². The van der Waals surface area contributed by atoms with Crippen molar-refractivity contribution in [1.29, 1.82) is 0 Å². The largest absolute Gasteiger partial charge is 0.480 e. The minimum atomic E-state index is -1.10. The second-order valence-electron chi connectivity index (χ2n) is 6.62. The Kier molecular flexibility index (Phi) is 6.02. The lowest BCUT2D eigenvalue weighted by molar-refractivity contribution is -0.233. The molecule has 1 amide bonds. The molecule has 138 valence electrons. The highest BCUT2D eigenvalue weighted by Gasteiger charge is 2.44. The number of hydrogen-bond donors (Lipinski definition) is 1. The van der Waals surface area contributed by atoms with Crippen molar-refractivity contribution in [3.8, 4) is 0 Å². The van der Waals surface area contributed by atoms with Gasteiger partial charge in [0.2, 0.25) is 0 Å². The molecule has 1 aromatic rings. The number of halogens is 1. The van der Waals surface area contributed by atoms with Crippen LogP contribution in [-0.2, 0) is 24.7 Å². The molecule has 1 aliphatic rings. The number of hydrogen-bond acceptors (Lipinski definition) is 6. The Morgan fingerprint density at radius 1 is 1.48 bits per heavy atom. The molecule has 1 aromatic heterocycles. The Morgan fingerprint density at radius 2 is 2.20 bits per heavy atom. The summed E-state index contributed by atoms with van der Waals surface area (Å²) in [5.74, 6) is -1.10. The zero-order chi connectivity index (χ0) is 18.7. The molecule has 1 aliphatic heterocycles. The van der Waals surface area contributed by atoms with Gasteiger partial charge in [0.1, 0.15) is 22.4 Å². The van der Waals surface area contributed by atoms with E-state index in [-0.39, 0.29) is 13.2 Å². The van der Waals surface area contributed by atoms with Crippen molar-refractivity contribution in [2.24, 2.45) is 0 Å². The molecular formula is C16H21BrN2O6. The highest BCUT2D eigenvalue weighted by molar-refractivity contribution is 9.10. The van der Waals surface area contributed by atoms with Crippen molar-refractivity contribution in [3.05, 3.63) is 28.5 Å². The zero-order valence-electron chi connectivity index (χ0n) is 14.3. The molecule has 1 N–H and O–H groups in total. The smallest absolute Gasteiger partial charge is 0.434 e. The van der Waals surface area contributed by atoms with Crippen molar-refractivity contribution in [2.45, 2.75) is 38.4 Å². The third-order valence-corrected chi connectivity index (χ3v) is 4.10. The second kappa shape index (κ2) is 7.67. The molecule has 1 unspecified atom stereocenters. The third kappa shape index (κ3) is 5.13. The summed E-state index contributed by atoms with van der Waals surface area (Å²) in [7, 11) is 0. The number of aromatic nitrogens is 1. The summed E-state index contributed by atoms with van der Waals surface area (Å²) in [4.78, 5) is 32.9. The number of hydroxylamine groups is 2. The average molecular weight is 417 g/mol. The van der Waals surface area contributed by atoms with Crippen LogP contribution in [0.3, 0.4) is 0 Å². The number of pyridine rings is 1. The zero-order valence-corrected chi connectivity index (χ0v) is 15.9. The topological polar surface area (TPSA) is 98.2 Å². The lowest BCUT2D eigenvalue weighted by atomic mass is 9.90. The van der Waals surface area contributed by atoms with E-state index < -0.39 is 29.9 Å². The molecule has 0 radical (unpaired) electrons. The van der Waals surface area contributed by atoms with Gasteiger partial charge in [0.25, 0.3) is 0 Å². The summed E-state index contributed by atoms with van der Waals surface area (Å²) in [6, 6.07) is 3.50. The number of aliphatic carboxylic acids is 1. The molecule has 2 rings (SSSR count). The SMILES string of the molecule is CC(C)(C)OC(=O)N1CC(OCC(=O)O)(c2cccnc2Br)CCO1. The van der Waals surface area contributed by atoms with E-state index in [0.29, 0.717) is 16.6 Å². The molecule has 0 bridgehead atoms. The molecule has 0 spiro atoms. The standard InChI is InChI=1S/C16H21BrN2O6/c1-15(2,3)25-14(22)19-10-16(6-8-24-19,23-9-12(20)21)11-5-4-7-18-13(11)17/h4-5,7H,6,8-10H2,1-3H3,(H,20,21). The van der Waals surface area contributed by atoms with E-state index in [1.165, 1.54) is 0 Å². The van der Waals surface area contributed by atoms with Crippen LogP contribution in [0.15, 0.2) is 22.9 Å². The quantitative estimate of drug-likeness (QED) is 0.753. The van der Waals surface area contributed by atoms with E-state index in [1.807, 2.05) is 0 Å². The van der Waals surface area contributed by atoms with Gasteiger partial charge in [0.15, 0.2) is 0 Å². The van der Waals surface area contributed by atoms with Gasteiger partial charge in [-0.25, -0.2) is 14.6 Å². The summed E-state index contributed by atoms with van der Waals surface area (Å²) < 4.78 is 11.6. The van der Waals surface area contributed by atoms with E-state index in [0.717, 1.165) is 5.06 Å². The van der Waals surface area contributed by atoms with Crippen LogP contribution in [0.1, 0.15) is 32.8 Å². The number of carbonyl (C=O) groups excluding carboxylic acids is 1. The number of ether oxygens (including phenoxy) is 2. The fraction of sp³-hybridized carbons (Fsp3) is 0.562. The average Bonchev–Trinajstić information content (AvgIpc) is 2.52. The molecule has 9 heteroatoms. The Labute approximate surface area is 154 Å². The van der Waals surface area contributed by atoms with E-state index in [1.54, 1.807) is 39.1 Å². The van der Waals surface area contributed by atoms with Crippen LogP contribution in [0.4, 0.5) is 4.79 Å². The van der Waals surface area contributed by atoms with Crippen molar-refractivity contribution < 1.29 is 29.0 Å². The van der Waals surface area contributed by atoms with Crippen LogP contribution in [-0.4, -0.2) is 52.6 Å². The van der Waals surface area contributed by atoms with E-state index >= 15 is 0 Å². The van der Waals surface area contributed by atoms with Crippen LogP contribution in [0.25, 0.3) is 0 Å². The summed E-state index contributed by atoms with van der Waals surface area (Å²) in [5.41, 5.74) is -1.11. The first-order valence-electron chi connectivity index (χ1n) is 7.73. The molecule has 1 saturated heterocycles. The molecule has 8 nitrogen and oxygen atoms in total. The van der Waals surface area contributed by atoms with Gasteiger partial charge in [-0.15, -0.1) is 0 Å². The first-order chi connectivity index (χ1) is 11.6. The minimum Gasteiger partial charge on any atom is -0.480 e. The molecule has 25 heavy (non-hydrogen) atoms. The third-order valence-electron chi connectivity index (χ3n) is 3.47. The van der Waals surface area contributed by atoms with E-state index in [4.69, 9.17) is 19.4 Å². The summed E-state index contributed by atoms with van der Waals surface area (Å²) >= 11 is 3.37. The molecular weight excluding hydrogens is 396 g/mol. The molecule has 2 heterocycles. The van der Waals surface area contributed by atoms with Crippen LogP contribution in [0, 0.1) is 0 Å². The normalized spacial score (nSPS) is 21.0. The highest BCUT2D eigenvalue weighted by atomic mass is 79.9. The van der Waals surface area contributed by atoms with Gasteiger partial charge in [0, 0.05) is 18.2 Å². The molecule has 1 fully saturated rings. The van der Waals surface area contributed by atoms with Gasteiger partial charge in [-0.05, 0) is 42.8 Å². The highest BCUT2D eigenvalue weighted by Crippen LogP contribution is 2.37. The van der Waals surface area contributed by atoms with Crippen molar-refractivity contribution in [2.75, 3.05) is 19.8 Å². The number of carbonyl (C=O) groups is 2. The lowest BCUT2D eigenvalue weighted by Crippen LogP contribution is -2.52. The maximum Gasteiger partial charge on any atom is 0.434 e. The van der Waals surface area contributed by atoms with Crippen molar-refractivity contribution in [3.63, 3.8) is 0 Å². The maximum absolute atomic E-state index is 12.3.